The van der Waals surface area contributed by atoms with Crippen molar-refractivity contribution in [1.82, 2.24) is 4.57 Å². The van der Waals surface area contributed by atoms with E-state index in [1.54, 1.807) is 0 Å². The van der Waals surface area contributed by atoms with Crippen LogP contribution in [0.3, 0.4) is 0 Å². The zero-order valence-corrected chi connectivity index (χ0v) is 10.4. The molecule has 1 rings (SSSR count). The van der Waals surface area contributed by atoms with E-state index in [-0.39, 0.29) is 0 Å². The summed E-state index contributed by atoms with van der Waals surface area (Å²) in [7, 11) is 0. The smallest absolute Gasteiger partial charge is 0.237 e. The van der Waals surface area contributed by atoms with Gasteiger partial charge in [-0.1, -0.05) is 33.6 Å². The molecule has 2 heteroatoms. The van der Waals surface area contributed by atoms with Crippen molar-refractivity contribution in [3.05, 3.63) is 18.7 Å². The normalized spacial score (nSPS) is 13.0. The van der Waals surface area contributed by atoms with Crippen LogP contribution < -0.4 is 4.57 Å². The van der Waals surface area contributed by atoms with E-state index in [2.05, 4.69) is 48.6 Å². The number of rotatable bonds is 7. The second-order valence-corrected chi connectivity index (χ2v) is 4.30. The highest BCUT2D eigenvalue weighted by Gasteiger charge is 2.13. The van der Waals surface area contributed by atoms with Gasteiger partial charge in [0.1, 0.15) is 18.4 Å². The second kappa shape index (κ2) is 6.65. The van der Waals surface area contributed by atoms with Crippen LogP contribution in [0.4, 0.5) is 0 Å². The van der Waals surface area contributed by atoms with E-state index in [4.69, 9.17) is 0 Å². The molecule has 0 N–H and O–H groups in total. The molecule has 1 heterocycles. The van der Waals surface area contributed by atoms with Crippen LogP contribution >= 0.6 is 0 Å². The summed E-state index contributed by atoms with van der Waals surface area (Å²) in [5.74, 6) is 0. The van der Waals surface area contributed by atoms with Crippen LogP contribution in [-0.2, 0) is 6.54 Å². The van der Waals surface area contributed by atoms with Gasteiger partial charge in [0.15, 0.2) is 0 Å². The number of aryl methyl sites for hydroxylation is 1. The van der Waals surface area contributed by atoms with Crippen molar-refractivity contribution in [2.75, 3.05) is 0 Å². The van der Waals surface area contributed by atoms with Crippen LogP contribution in [0.2, 0.25) is 0 Å². The van der Waals surface area contributed by atoms with E-state index < -0.39 is 0 Å². The van der Waals surface area contributed by atoms with Crippen molar-refractivity contribution in [2.24, 2.45) is 0 Å². The molecule has 0 fully saturated rings. The molecule has 0 aromatic carbocycles. The number of unbranched alkanes of at least 4 members (excludes halogenated alkanes) is 1. The Labute approximate surface area is 93.9 Å². The number of imidazole rings is 1. The maximum absolute atomic E-state index is 2.37. The van der Waals surface area contributed by atoms with Crippen molar-refractivity contribution in [2.45, 2.75) is 65.5 Å². The van der Waals surface area contributed by atoms with Crippen LogP contribution in [-0.4, -0.2) is 4.57 Å². The van der Waals surface area contributed by atoms with Crippen molar-refractivity contribution in [3.63, 3.8) is 0 Å². The zero-order chi connectivity index (χ0) is 11.1. The summed E-state index contributed by atoms with van der Waals surface area (Å²) in [5.41, 5.74) is 0. The summed E-state index contributed by atoms with van der Waals surface area (Å²) in [4.78, 5) is 0. The van der Waals surface area contributed by atoms with Gasteiger partial charge < -0.3 is 0 Å². The molecule has 0 spiro atoms. The Balaban J connectivity index is 2.56. The van der Waals surface area contributed by atoms with Gasteiger partial charge in [-0.25, -0.2) is 9.13 Å². The van der Waals surface area contributed by atoms with E-state index >= 15 is 0 Å². The van der Waals surface area contributed by atoms with Gasteiger partial charge in [0.25, 0.3) is 0 Å². The summed E-state index contributed by atoms with van der Waals surface area (Å²) in [6.45, 7) is 7.93. The fraction of sp³-hybridized carbons (Fsp3) is 0.769. The molecule has 1 unspecified atom stereocenters. The summed E-state index contributed by atoms with van der Waals surface area (Å²) in [5, 5.41) is 0. The number of hydrogen-bond donors (Lipinski definition) is 0. The molecule has 0 aliphatic carbocycles. The lowest BCUT2D eigenvalue weighted by Gasteiger charge is -2.09. The minimum absolute atomic E-state index is 0.692. The van der Waals surface area contributed by atoms with E-state index in [0.717, 1.165) is 6.54 Å². The van der Waals surface area contributed by atoms with Gasteiger partial charge in [-0.3, -0.25) is 0 Å². The average Bonchev–Trinajstić information content (AvgIpc) is 2.71. The van der Waals surface area contributed by atoms with Gasteiger partial charge in [0.2, 0.25) is 6.33 Å². The summed E-state index contributed by atoms with van der Waals surface area (Å²) >= 11 is 0. The molecule has 1 aromatic heterocycles. The van der Waals surface area contributed by atoms with Gasteiger partial charge >= 0.3 is 0 Å². The Morgan fingerprint density at radius 1 is 1.20 bits per heavy atom. The predicted molar refractivity (Wildman–Crippen MR) is 63.8 cm³/mol. The molecule has 0 saturated carbocycles. The molecule has 1 atom stereocenters. The molecule has 0 radical (unpaired) electrons. The summed E-state index contributed by atoms with van der Waals surface area (Å²) in [6.07, 6.45) is 13.0. The number of hydrogen-bond acceptors (Lipinski definition) is 0. The van der Waals surface area contributed by atoms with E-state index in [0.29, 0.717) is 6.04 Å². The molecule has 1 aromatic rings. The molecule has 0 aliphatic heterocycles. The molecule has 0 aliphatic rings. The molecular weight excluding hydrogens is 184 g/mol. The minimum Gasteiger partial charge on any atom is -0.237 e. The van der Waals surface area contributed by atoms with Gasteiger partial charge in [0.05, 0.1) is 6.54 Å². The third-order valence-electron chi connectivity index (χ3n) is 3.00. The van der Waals surface area contributed by atoms with Crippen LogP contribution in [0.5, 0.6) is 0 Å². The quantitative estimate of drug-likeness (QED) is 0.609. The number of nitrogens with zero attached hydrogens (tertiary/aromatic N) is 2. The number of aromatic nitrogens is 2. The van der Waals surface area contributed by atoms with Crippen molar-refractivity contribution in [1.29, 1.82) is 0 Å². The monoisotopic (exact) mass is 209 g/mol. The third kappa shape index (κ3) is 3.69. The van der Waals surface area contributed by atoms with Crippen molar-refractivity contribution < 1.29 is 4.57 Å². The second-order valence-electron chi connectivity index (χ2n) is 4.30. The molecule has 86 valence electrons. The van der Waals surface area contributed by atoms with E-state index in [9.17, 15) is 0 Å². The fourth-order valence-corrected chi connectivity index (χ4v) is 2.00. The zero-order valence-electron chi connectivity index (χ0n) is 10.4. The lowest BCUT2D eigenvalue weighted by Crippen LogP contribution is -2.31. The first-order chi connectivity index (χ1) is 7.31. The SMILES string of the molecule is CCCC[n+]1ccn(C(CC)CCC)c1. The van der Waals surface area contributed by atoms with Crippen LogP contribution in [0, 0.1) is 0 Å². The molecular formula is C13H25N2+. The van der Waals surface area contributed by atoms with Crippen LogP contribution in [0.25, 0.3) is 0 Å². The highest BCUT2D eigenvalue weighted by Crippen LogP contribution is 2.16. The maximum Gasteiger partial charge on any atom is 0.243 e. The molecule has 2 nitrogen and oxygen atoms in total. The topological polar surface area (TPSA) is 8.81 Å². The minimum atomic E-state index is 0.692. The van der Waals surface area contributed by atoms with Gasteiger partial charge in [-0.05, 0) is 19.3 Å². The van der Waals surface area contributed by atoms with Gasteiger partial charge in [0, 0.05) is 0 Å². The Morgan fingerprint density at radius 2 is 2.00 bits per heavy atom. The first kappa shape index (κ1) is 12.3. The Kier molecular flexibility index (Phi) is 5.44. The Hall–Kier alpha value is -0.790. The van der Waals surface area contributed by atoms with Crippen LogP contribution in [0.1, 0.15) is 58.9 Å². The molecule has 15 heavy (non-hydrogen) atoms. The largest absolute Gasteiger partial charge is 0.243 e. The predicted octanol–water partition coefficient (Wildman–Crippen LogP) is 3.33. The fourth-order valence-electron chi connectivity index (χ4n) is 2.00. The first-order valence-electron chi connectivity index (χ1n) is 6.38. The molecule has 0 bridgehead atoms. The van der Waals surface area contributed by atoms with Crippen LogP contribution in [0.15, 0.2) is 18.7 Å². The highest BCUT2D eigenvalue weighted by atomic mass is 15.1. The highest BCUT2D eigenvalue weighted by molar-refractivity contribution is 4.74. The molecule has 0 amide bonds. The summed E-state index contributed by atoms with van der Waals surface area (Å²) < 4.78 is 4.68. The third-order valence-corrected chi connectivity index (χ3v) is 3.00. The lowest BCUT2D eigenvalue weighted by molar-refractivity contribution is -0.697. The van der Waals surface area contributed by atoms with Crippen molar-refractivity contribution in [3.8, 4) is 0 Å². The standard InChI is InChI=1S/C13H25N2/c1-4-7-9-14-10-11-15(12-14)13(6-3)8-5-2/h10-13H,4-9H2,1-3H3/q+1. The average molecular weight is 209 g/mol. The van der Waals surface area contributed by atoms with Gasteiger partial charge in [-0.15, -0.1) is 0 Å². The molecule has 0 saturated heterocycles. The van der Waals surface area contributed by atoms with E-state index in [1.807, 2.05) is 0 Å². The Bertz CT molecular complexity index is 265. The van der Waals surface area contributed by atoms with Gasteiger partial charge in [-0.2, -0.15) is 0 Å². The summed E-state index contributed by atoms with van der Waals surface area (Å²) in [6, 6.07) is 0.692. The maximum atomic E-state index is 2.37. The van der Waals surface area contributed by atoms with E-state index in [1.165, 1.54) is 32.1 Å². The van der Waals surface area contributed by atoms with Crippen molar-refractivity contribution >= 4 is 0 Å². The lowest BCUT2D eigenvalue weighted by atomic mass is 10.1. The Morgan fingerprint density at radius 3 is 2.60 bits per heavy atom. The first-order valence-corrected chi connectivity index (χ1v) is 6.38.